The zero-order chi connectivity index (χ0) is 15.1. The van der Waals surface area contributed by atoms with Gasteiger partial charge in [-0.2, -0.15) is 0 Å². The Labute approximate surface area is 126 Å². The molecule has 0 aromatic heterocycles. The molecule has 0 fully saturated rings. The Hall–Kier alpha value is -1.75. The van der Waals surface area contributed by atoms with Crippen molar-refractivity contribution in [2.45, 2.75) is 13.8 Å². The molecule has 20 heavy (non-hydrogen) atoms. The topological polar surface area (TPSA) is 33.7 Å². The first kappa shape index (κ1) is 16.3. The van der Waals surface area contributed by atoms with Gasteiger partial charge in [0.15, 0.2) is 5.11 Å². The van der Waals surface area contributed by atoms with Crippen LogP contribution in [0, 0.1) is 0 Å². The van der Waals surface area contributed by atoms with Gasteiger partial charge in [0.05, 0.1) is 19.9 Å². The fourth-order valence-electron chi connectivity index (χ4n) is 1.76. The van der Waals surface area contributed by atoms with Gasteiger partial charge in [-0.05, 0) is 38.2 Å². The molecule has 0 saturated carbocycles. The number of methoxy groups -OCH3 is 2. The third kappa shape index (κ3) is 4.42. The maximum Gasteiger partial charge on any atom is 0.173 e. The van der Waals surface area contributed by atoms with Crippen molar-refractivity contribution in [1.29, 1.82) is 0 Å². The smallest absolute Gasteiger partial charge is 0.173 e. The molecule has 0 aliphatic carbocycles. The Kier molecular flexibility index (Phi) is 6.31. The van der Waals surface area contributed by atoms with E-state index in [1.807, 2.05) is 30.0 Å². The highest BCUT2D eigenvalue weighted by molar-refractivity contribution is 7.80. The van der Waals surface area contributed by atoms with Crippen molar-refractivity contribution < 1.29 is 9.47 Å². The molecule has 0 atom stereocenters. The monoisotopic (exact) mass is 294 g/mol. The number of thiocarbonyl (C=S) groups is 1. The maximum absolute atomic E-state index is 5.44. The van der Waals surface area contributed by atoms with E-state index in [0.29, 0.717) is 5.11 Å². The number of benzene rings is 1. The third-order valence-electron chi connectivity index (χ3n) is 2.78. The maximum atomic E-state index is 5.44. The average molecular weight is 294 g/mol. The van der Waals surface area contributed by atoms with E-state index in [4.69, 9.17) is 21.7 Å². The molecule has 0 amide bonds. The summed E-state index contributed by atoms with van der Waals surface area (Å²) in [6.45, 7) is 9.50. The standard InChI is InChI=1S/C15H22N2O2S/c1-6-17(10-11(2)3)15(20)16-13-9-12(18-4)7-8-14(13)19-5/h7-9H,2,6,10H2,1,3-5H3,(H,16,20). The van der Waals surface area contributed by atoms with Gasteiger partial charge in [-0.15, -0.1) is 0 Å². The summed E-state index contributed by atoms with van der Waals surface area (Å²) < 4.78 is 10.5. The van der Waals surface area contributed by atoms with Gasteiger partial charge in [0.25, 0.3) is 0 Å². The normalized spacial score (nSPS) is 9.80. The molecule has 0 unspecified atom stereocenters. The van der Waals surface area contributed by atoms with E-state index in [2.05, 4.69) is 18.8 Å². The molecule has 0 bridgehead atoms. The van der Waals surface area contributed by atoms with Gasteiger partial charge in [0, 0.05) is 19.2 Å². The van der Waals surface area contributed by atoms with Crippen LogP contribution in [-0.4, -0.2) is 37.3 Å². The zero-order valence-electron chi connectivity index (χ0n) is 12.5. The Bertz CT molecular complexity index is 489. The summed E-state index contributed by atoms with van der Waals surface area (Å²) in [4.78, 5) is 2.04. The number of nitrogens with zero attached hydrogens (tertiary/aromatic N) is 1. The minimum absolute atomic E-state index is 0.641. The van der Waals surface area contributed by atoms with Crippen molar-refractivity contribution >= 4 is 23.0 Å². The first-order chi connectivity index (χ1) is 9.51. The summed E-state index contributed by atoms with van der Waals surface area (Å²) in [5.74, 6) is 1.47. The van der Waals surface area contributed by atoms with Crippen LogP contribution in [0.25, 0.3) is 0 Å². The molecule has 0 saturated heterocycles. The van der Waals surface area contributed by atoms with Crippen molar-refractivity contribution in [3.8, 4) is 11.5 Å². The van der Waals surface area contributed by atoms with E-state index in [-0.39, 0.29) is 0 Å². The van der Waals surface area contributed by atoms with Crippen LogP contribution in [0.3, 0.4) is 0 Å². The molecule has 0 aliphatic rings. The Morgan fingerprint density at radius 2 is 2.05 bits per heavy atom. The predicted molar refractivity (Wildman–Crippen MR) is 87.8 cm³/mol. The second-order valence-electron chi connectivity index (χ2n) is 4.47. The Balaban J connectivity index is 2.90. The molecule has 0 radical (unpaired) electrons. The molecule has 0 heterocycles. The van der Waals surface area contributed by atoms with E-state index in [0.717, 1.165) is 35.8 Å². The van der Waals surface area contributed by atoms with Crippen LogP contribution >= 0.6 is 12.2 Å². The molecule has 4 nitrogen and oxygen atoms in total. The number of ether oxygens (including phenoxy) is 2. The van der Waals surface area contributed by atoms with Crippen LogP contribution in [0.5, 0.6) is 11.5 Å². The highest BCUT2D eigenvalue weighted by Crippen LogP contribution is 2.29. The lowest BCUT2D eigenvalue weighted by atomic mass is 10.2. The molecule has 1 aromatic carbocycles. The number of anilines is 1. The van der Waals surface area contributed by atoms with Gasteiger partial charge in [0.2, 0.25) is 0 Å². The molecule has 0 spiro atoms. The highest BCUT2D eigenvalue weighted by atomic mass is 32.1. The van der Waals surface area contributed by atoms with Gasteiger partial charge in [-0.3, -0.25) is 0 Å². The number of rotatable bonds is 6. The second-order valence-corrected chi connectivity index (χ2v) is 4.85. The predicted octanol–water partition coefficient (Wildman–Crippen LogP) is 3.30. The summed E-state index contributed by atoms with van der Waals surface area (Å²) >= 11 is 5.44. The highest BCUT2D eigenvalue weighted by Gasteiger charge is 2.11. The van der Waals surface area contributed by atoms with Crippen molar-refractivity contribution in [2.75, 3.05) is 32.6 Å². The van der Waals surface area contributed by atoms with E-state index >= 15 is 0 Å². The molecule has 110 valence electrons. The SMILES string of the molecule is C=C(C)CN(CC)C(=S)Nc1cc(OC)ccc1OC. The second kappa shape index (κ2) is 7.75. The lowest BCUT2D eigenvalue weighted by Crippen LogP contribution is -2.35. The van der Waals surface area contributed by atoms with Crippen LogP contribution in [-0.2, 0) is 0 Å². The molecule has 0 aliphatic heterocycles. The first-order valence-corrected chi connectivity index (χ1v) is 6.85. The lowest BCUT2D eigenvalue weighted by molar-refractivity contribution is 0.404. The molecule has 1 N–H and O–H groups in total. The van der Waals surface area contributed by atoms with E-state index in [1.54, 1.807) is 14.2 Å². The summed E-state index contributed by atoms with van der Waals surface area (Å²) in [6, 6.07) is 5.55. The van der Waals surface area contributed by atoms with Crippen molar-refractivity contribution in [2.24, 2.45) is 0 Å². The first-order valence-electron chi connectivity index (χ1n) is 6.44. The van der Waals surface area contributed by atoms with Gasteiger partial charge < -0.3 is 19.7 Å². The molecular formula is C15H22N2O2S. The number of nitrogens with one attached hydrogen (secondary N) is 1. The third-order valence-corrected chi connectivity index (χ3v) is 3.14. The fraction of sp³-hybridized carbons (Fsp3) is 0.400. The zero-order valence-corrected chi connectivity index (χ0v) is 13.3. The minimum Gasteiger partial charge on any atom is -0.497 e. The van der Waals surface area contributed by atoms with Crippen LogP contribution < -0.4 is 14.8 Å². The van der Waals surface area contributed by atoms with Crippen molar-refractivity contribution in [3.63, 3.8) is 0 Å². The summed E-state index contributed by atoms with van der Waals surface area (Å²) in [5, 5.41) is 3.84. The van der Waals surface area contributed by atoms with Crippen LogP contribution in [0.2, 0.25) is 0 Å². The quantitative estimate of drug-likeness (QED) is 0.643. The van der Waals surface area contributed by atoms with Gasteiger partial charge >= 0.3 is 0 Å². The van der Waals surface area contributed by atoms with Gasteiger partial charge in [-0.1, -0.05) is 12.2 Å². The van der Waals surface area contributed by atoms with E-state index in [1.165, 1.54) is 0 Å². The van der Waals surface area contributed by atoms with E-state index < -0.39 is 0 Å². The average Bonchev–Trinajstić information content (AvgIpc) is 2.44. The molecule has 1 rings (SSSR count). The number of likely N-dealkylation sites (N-methyl/N-ethyl adjacent to an activating group) is 1. The number of hydrogen-bond acceptors (Lipinski definition) is 3. The molecular weight excluding hydrogens is 272 g/mol. The van der Waals surface area contributed by atoms with Gasteiger partial charge in [0.1, 0.15) is 11.5 Å². The summed E-state index contributed by atoms with van der Waals surface area (Å²) in [5.41, 5.74) is 1.85. The van der Waals surface area contributed by atoms with Gasteiger partial charge in [-0.25, -0.2) is 0 Å². The molecule has 1 aromatic rings. The van der Waals surface area contributed by atoms with Crippen molar-refractivity contribution in [1.82, 2.24) is 4.90 Å². The summed E-state index contributed by atoms with van der Waals surface area (Å²) in [6.07, 6.45) is 0. The largest absolute Gasteiger partial charge is 0.497 e. The van der Waals surface area contributed by atoms with Crippen LogP contribution in [0.4, 0.5) is 5.69 Å². The summed E-state index contributed by atoms with van der Waals surface area (Å²) in [7, 11) is 3.25. The van der Waals surface area contributed by atoms with Crippen LogP contribution in [0.15, 0.2) is 30.4 Å². The lowest BCUT2D eigenvalue weighted by Gasteiger charge is -2.25. The minimum atomic E-state index is 0.641. The number of hydrogen-bond donors (Lipinski definition) is 1. The van der Waals surface area contributed by atoms with Crippen LogP contribution in [0.1, 0.15) is 13.8 Å². The molecule has 5 heteroatoms. The Morgan fingerprint density at radius 3 is 2.55 bits per heavy atom. The van der Waals surface area contributed by atoms with E-state index in [9.17, 15) is 0 Å². The fourth-order valence-corrected chi connectivity index (χ4v) is 2.06. The Morgan fingerprint density at radius 1 is 1.35 bits per heavy atom. The van der Waals surface area contributed by atoms with Crippen molar-refractivity contribution in [3.05, 3.63) is 30.4 Å².